The van der Waals surface area contributed by atoms with Gasteiger partial charge in [-0.1, -0.05) is 6.07 Å². The molecule has 2 N–H and O–H groups in total. The summed E-state index contributed by atoms with van der Waals surface area (Å²) in [6.07, 6.45) is 2.19. The minimum absolute atomic E-state index is 0.0346. The Balaban J connectivity index is 2.12. The molecule has 2 aromatic rings. The molecule has 0 aliphatic heterocycles. The van der Waals surface area contributed by atoms with Crippen LogP contribution in [0, 0.1) is 0 Å². The molecule has 3 rings (SSSR count). The van der Waals surface area contributed by atoms with Gasteiger partial charge in [-0.2, -0.15) is 0 Å². The van der Waals surface area contributed by atoms with Crippen LogP contribution >= 0.6 is 0 Å². The van der Waals surface area contributed by atoms with Crippen molar-refractivity contribution in [2.24, 2.45) is 0 Å². The van der Waals surface area contributed by atoms with Crippen molar-refractivity contribution in [3.63, 3.8) is 0 Å². The Morgan fingerprint density at radius 2 is 2.21 bits per heavy atom. The van der Waals surface area contributed by atoms with Crippen LogP contribution in [0.5, 0.6) is 5.75 Å². The van der Waals surface area contributed by atoms with Gasteiger partial charge in [-0.25, -0.2) is 4.68 Å². The van der Waals surface area contributed by atoms with Crippen LogP contribution in [0.3, 0.4) is 0 Å². The number of nitrogens with zero attached hydrogens (tertiary/aromatic N) is 4. The molecule has 1 aliphatic carbocycles. The van der Waals surface area contributed by atoms with Crippen molar-refractivity contribution in [2.45, 2.75) is 32.2 Å². The normalized spacial score (nSPS) is 16.3. The number of nitrogens with two attached hydrogens (primary N) is 1. The van der Waals surface area contributed by atoms with Crippen LogP contribution in [0.15, 0.2) is 18.2 Å². The standard InChI is InChI=1S/C13H17N5O/c1-3-19-11-9(5-4-6-10(11)14)12-15-16-17-18(12)13(2)7-8-13/h4-6H,3,7-8,14H2,1-2H3. The van der Waals surface area contributed by atoms with Crippen molar-refractivity contribution in [3.05, 3.63) is 18.2 Å². The molecular formula is C13H17N5O. The van der Waals surface area contributed by atoms with E-state index in [2.05, 4.69) is 22.4 Å². The molecule has 100 valence electrons. The Bertz CT molecular complexity index is 603. The molecule has 0 atom stereocenters. The van der Waals surface area contributed by atoms with Crippen LogP contribution < -0.4 is 10.5 Å². The zero-order valence-electron chi connectivity index (χ0n) is 11.1. The first-order valence-electron chi connectivity index (χ1n) is 6.46. The summed E-state index contributed by atoms with van der Waals surface area (Å²) in [4.78, 5) is 0. The molecule has 0 saturated heterocycles. The largest absolute Gasteiger partial charge is 0.491 e. The fourth-order valence-corrected chi connectivity index (χ4v) is 2.15. The molecule has 0 bridgehead atoms. The second-order valence-corrected chi connectivity index (χ2v) is 5.07. The van der Waals surface area contributed by atoms with Crippen LogP contribution in [-0.2, 0) is 5.54 Å². The van der Waals surface area contributed by atoms with E-state index in [-0.39, 0.29) is 5.54 Å². The summed E-state index contributed by atoms with van der Waals surface area (Å²) in [7, 11) is 0. The summed E-state index contributed by atoms with van der Waals surface area (Å²) in [6, 6.07) is 5.65. The third-order valence-electron chi connectivity index (χ3n) is 3.53. The number of anilines is 1. The van der Waals surface area contributed by atoms with Crippen molar-refractivity contribution >= 4 is 5.69 Å². The smallest absolute Gasteiger partial charge is 0.186 e. The molecule has 0 unspecified atom stereocenters. The Hall–Kier alpha value is -2.11. The van der Waals surface area contributed by atoms with Crippen LogP contribution in [0.4, 0.5) is 5.69 Å². The van der Waals surface area contributed by atoms with E-state index < -0.39 is 0 Å². The van der Waals surface area contributed by atoms with E-state index in [1.807, 2.05) is 29.8 Å². The van der Waals surface area contributed by atoms with Gasteiger partial charge in [0.05, 0.1) is 23.4 Å². The second-order valence-electron chi connectivity index (χ2n) is 5.07. The van der Waals surface area contributed by atoms with E-state index in [9.17, 15) is 0 Å². The number of nitrogen functional groups attached to an aromatic ring is 1. The first-order chi connectivity index (χ1) is 9.15. The van der Waals surface area contributed by atoms with Gasteiger partial charge in [-0.05, 0) is 49.2 Å². The highest BCUT2D eigenvalue weighted by Gasteiger charge is 2.43. The fourth-order valence-electron chi connectivity index (χ4n) is 2.15. The summed E-state index contributed by atoms with van der Waals surface area (Å²) in [5, 5.41) is 12.1. The quantitative estimate of drug-likeness (QED) is 0.847. The average Bonchev–Trinajstić information content (AvgIpc) is 2.95. The monoisotopic (exact) mass is 259 g/mol. The molecule has 1 saturated carbocycles. The van der Waals surface area contributed by atoms with Crippen molar-refractivity contribution in [3.8, 4) is 17.1 Å². The van der Waals surface area contributed by atoms with Crippen LogP contribution in [0.25, 0.3) is 11.4 Å². The molecule has 6 nitrogen and oxygen atoms in total. The van der Waals surface area contributed by atoms with Crippen molar-refractivity contribution in [1.82, 2.24) is 20.2 Å². The SMILES string of the molecule is CCOc1c(N)cccc1-c1nnnn1C1(C)CC1. The lowest BCUT2D eigenvalue weighted by Gasteiger charge is -2.15. The van der Waals surface area contributed by atoms with E-state index in [4.69, 9.17) is 10.5 Å². The predicted molar refractivity (Wildman–Crippen MR) is 71.7 cm³/mol. The van der Waals surface area contributed by atoms with Crippen molar-refractivity contribution < 1.29 is 4.74 Å². The Morgan fingerprint density at radius 1 is 1.42 bits per heavy atom. The van der Waals surface area contributed by atoms with Gasteiger partial charge in [-0.15, -0.1) is 5.10 Å². The first-order valence-corrected chi connectivity index (χ1v) is 6.46. The number of ether oxygens (including phenoxy) is 1. The van der Waals surface area contributed by atoms with Gasteiger partial charge in [0.1, 0.15) is 0 Å². The van der Waals surface area contributed by atoms with Gasteiger partial charge in [0.2, 0.25) is 0 Å². The average molecular weight is 259 g/mol. The summed E-state index contributed by atoms with van der Waals surface area (Å²) in [5.74, 6) is 1.38. The molecule has 1 fully saturated rings. The number of rotatable bonds is 4. The van der Waals surface area contributed by atoms with Gasteiger partial charge in [0, 0.05) is 0 Å². The number of hydrogen-bond acceptors (Lipinski definition) is 5. The molecular weight excluding hydrogens is 242 g/mol. The maximum Gasteiger partial charge on any atom is 0.186 e. The van der Waals surface area contributed by atoms with E-state index in [1.54, 1.807) is 0 Å². The number of tetrazole rings is 1. The van der Waals surface area contributed by atoms with Crippen LogP contribution in [0.2, 0.25) is 0 Å². The van der Waals surface area contributed by atoms with E-state index >= 15 is 0 Å². The zero-order valence-corrected chi connectivity index (χ0v) is 11.1. The third-order valence-corrected chi connectivity index (χ3v) is 3.53. The lowest BCUT2D eigenvalue weighted by molar-refractivity contribution is 0.342. The number of benzene rings is 1. The van der Waals surface area contributed by atoms with Crippen LogP contribution in [-0.4, -0.2) is 26.8 Å². The summed E-state index contributed by atoms with van der Waals surface area (Å²) in [5.41, 5.74) is 7.47. The fraction of sp³-hybridized carbons (Fsp3) is 0.462. The van der Waals surface area contributed by atoms with Crippen LogP contribution in [0.1, 0.15) is 26.7 Å². The Kier molecular flexibility index (Phi) is 2.66. The van der Waals surface area contributed by atoms with Gasteiger partial charge in [0.15, 0.2) is 11.6 Å². The molecule has 0 spiro atoms. The molecule has 1 aliphatic rings. The van der Waals surface area contributed by atoms with Gasteiger partial charge < -0.3 is 10.5 Å². The maximum atomic E-state index is 5.99. The summed E-state index contributed by atoms with van der Waals surface area (Å²) in [6.45, 7) is 4.64. The zero-order chi connectivity index (χ0) is 13.5. The second kappa shape index (κ2) is 4.22. The number of hydrogen-bond donors (Lipinski definition) is 1. The maximum absolute atomic E-state index is 5.99. The highest BCUT2D eigenvalue weighted by atomic mass is 16.5. The summed E-state index contributed by atoms with van der Waals surface area (Å²) >= 11 is 0. The first kappa shape index (κ1) is 12.0. The number of para-hydroxylation sites is 1. The Morgan fingerprint density at radius 3 is 2.89 bits per heavy atom. The highest BCUT2D eigenvalue weighted by Crippen LogP contribution is 2.45. The summed E-state index contributed by atoms with van der Waals surface area (Å²) < 4.78 is 7.53. The molecule has 0 amide bonds. The lowest BCUT2D eigenvalue weighted by atomic mass is 10.1. The van der Waals surface area contributed by atoms with Crippen molar-refractivity contribution in [1.29, 1.82) is 0 Å². The van der Waals surface area contributed by atoms with Gasteiger partial charge in [0.25, 0.3) is 0 Å². The molecule has 1 aromatic carbocycles. The molecule has 1 heterocycles. The lowest BCUT2D eigenvalue weighted by Crippen LogP contribution is -2.16. The third kappa shape index (κ3) is 1.93. The van der Waals surface area contributed by atoms with Crippen molar-refractivity contribution in [2.75, 3.05) is 12.3 Å². The number of aromatic nitrogens is 4. The molecule has 0 radical (unpaired) electrons. The highest BCUT2D eigenvalue weighted by molar-refractivity contribution is 5.73. The van der Waals surface area contributed by atoms with Gasteiger partial charge in [-0.3, -0.25) is 0 Å². The van der Waals surface area contributed by atoms with E-state index in [0.717, 1.165) is 24.2 Å². The predicted octanol–water partition coefficient (Wildman–Crippen LogP) is 1.83. The minimum Gasteiger partial charge on any atom is -0.491 e. The van der Waals surface area contributed by atoms with Gasteiger partial charge >= 0.3 is 0 Å². The Labute approximate surface area is 111 Å². The molecule has 19 heavy (non-hydrogen) atoms. The van der Waals surface area contributed by atoms with E-state index in [0.29, 0.717) is 18.0 Å². The molecule has 1 aromatic heterocycles. The van der Waals surface area contributed by atoms with E-state index in [1.165, 1.54) is 0 Å². The molecule has 6 heteroatoms. The topological polar surface area (TPSA) is 78.8 Å². The minimum atomic E-state index is 0.0346.